The Kier molecular flexibility index (Phi) is 3.51. The van der Waals surface area contributed by atoms with Crippen molar-refractivity contribution in [3.05, 3.63) is 11.5 Å². The van der Waals surface area contributed by atoms with Gasteiger partial charge in [0.05, 0.1) is 11.6 Å². The molecule has 0 saturated carbocycles. The normalized spacial score (nSPS) is 20.5. The Morgan fingerprint density at radius 1 is 1.50 bits per heavy atom. The fraction of sp³-hybridized carbons (Fsp3) is 0.500. The molecule has 0 radical (unpaired) electrons. The first-order valence-corrected chi connectivity index (χ1v) is 9.35. The molecule has 0 aliphatic carbocycles. The summed E-state index contributed by atoms with van der Waals surface area (Å²) in [5.41, 5.74) is 0.505. The molecule has 0 spiro atoms. The van der Waals surface area contributed by atoms with Crippen LogP contribution in [0.25, 0.3) is 11.0 Å². The molecule has 1 fully saturated rings. The molecule has 1 N–H and O–H groups in total. The van der Waals surface area contributed by atoms with Crippen molar-refractivity contribution in [1.29, 1.82) is 0 Å². The highest BCUT2D eigenvalue weighted by molar-refractivity contribution is 8.01. The average molecular weight is 334 g/mol. The molecule has 20 heavy (non-hydrogen) atoms. The summed E-state index contributed by atoms with van der Waals surface area (Å²) >= 11 is 7.53. The number of aromatic nitrogens is 4. The van der Waals surface area contributed by atoms with E-state index in [9.17, 15) is 8.42 Å². The van der Waals surface area contributed by atoms with Gasteiger partial charge in [0.25, 0.3) is 0 Å². The minimum absolute atomic E-state index is 0.0715. The molecular formula is C10H12ClN5O2S2. The molecule has 0 amide bonds. The maximum atomic E-state index is 12.0. The molecule has 0 aromatic carbocycles. The van der Waals surface area contributed by atoms with Crippen LogP contribution in [0.2, 0.25) is 5.28 Å². The zero-order valence-corrected chi connectivity index (χ0v) is 13.0. The van der Waals surface area contributed by atoms with Crippen LogP contribution in [-0.2, 0) is 9.84 Å². The maximum Gasteiger partial charge on any atom is 0.226 e. The summed E-state index contributed by atoms with van der Waals surface area (Å²) in [7, 11) is -3.22. The monoisotopic (exact) mass is 333 g/mol. The van der Waals surface area contributed by atoms with Crippen LogP contribution in [-0.4, -0.2) is 58.3 Å². The number of fused-ring (bicyclic) bond motifs is 1. The van der Waals surface area contributed by atoms with Gasteiger partial charge < -0.3 is 4.90 Å². The van der Waals surface area contributed by atoms with Crippen molar-refractivity contribution in [3.63, 3.8) is 0 Å². The predicted octanol–water partition coefficient (Wildman–Crippen LogP) is 0.930. The Labute approximate surface area is 125 Å². The molecule has 1 aliphatic rings. The van der Waals surface area contributed by atoms with E-state index in [1.54, 1.807) is 22.9 Å². The largest absolute Gasteiger partial charge is 0.337 e. The smallest absolute Gasteiger partial charge is 0.226 e. The Hall–Kier alpha value is -1.06. The number of rotatable bonds is 2. The molecule has 2 aromatic rings. The molecule has 10 heteroatoms. The van der Waals surface area contributed by atoms with Gasteiger partial charge in [-0.15, -0.1) is 0 Å². The number of anilines is 1. The first-order chi connectivity index (χ1) is 9.47. The number of halogens is 1. The third kappa shape index (κ3) is 2.45. The predicted molar refractivity (Wildman–Crippen MR) is 80.0 cm³/mol. The number of nitrogens with one attached hydrogen (secondary N) is 1. The van der Waals surface area contributed by atoms with E-state index < -0.39 is 15.2 Å². The number of aromatic amines is 1. The van der Waals surface area contributed by atoms with Gasteiger partial charge in [-0.05, 0) is 11.6 Å². The first-order valence-electron chi connectivity index (χ1n) is 5.86. The van der Waals surface area contributed by atoms with E-state index in [0.717, 1.165) is 5.75 Å². The van der Waals surface area contributed by atoms with Crippen LogP contribution in [0.1, 0.15) is 0 Å². The third-order valence-corrected chi connectivity index (χ3v) is 5.93. The first kappa shape index (κ1) is 13.9. The van der Waals surface area contributed by atoms with Crippen molar-refractivity contribution >= 4 is 50.1 Å². The number of hydrogen-bond acceptors (Lipinski definition) is 7. The molecule has 0 bridgehead atoms. The molecule has 7 nitrogen and oxygen atoms in total. The SMILES string of the molecule is CS(=O)(=O)C1CSCCN1c1nc(Cl)nc2[nH]ncc12. The average Bonchev–Trinajstić information content (AvgIpc) is 2.84. The zero-order chi connectivity index (χ0) is 14.3. The molecule has 1 aliphatic heterocycles. The molecule has 108 valence electrons. The number of H-pyrrole nitrogens is 1. The second-order valence-electron chi connectivity index (χ2n) is 4.50. The second-order valence-corrected chi connectivity index (χ2v) is 8.19. The number of thioether (sulfide) groups is 1. The molecular weight excluding hydrogens is 322 g/mol. The summed E-state index contributed by atoms with van der Waals surface area (Å²) in [6.07, 6.45) is 2.83. The number of hydrogen-bond donors (Lipinski definition) is 1. The molecule has 1 atom stereocenters. The van der Waals surface area contributed by atoms with Crippen molar-refractivity contribution in [2.45, 2.75) is 5.37 Å². The minimum atomic E-state index is -3.22. The highest BCUT2D eigenvalue weighted by Gasteiger charge is 2.33. The van der Waals surface area contributed by atoms with Crippen LogP contribution in [0.15, 0.2) is 6.20 Å². The van der Waals surface area contributed by atoms with Crippen LogP contribution in [0.5, 0.6) is 0 Å². The molecule has 1 saturated heterocycles. The van der Waals surface area contributed by atoms with Gasteiger partial charge in [0.2, 0.25) is 5.28 Å². The van der Waals surface area contributed by atoms with Crippen LogP contribution in [0, 0.1) is 0 Å². The summed E-state index contributed by atoms with van der Waals surface area (Å²) < 4.78 is 23.9. The van der Waals surface area contributed by atoms with E-state index in [4.69, 9.17) is 11.6 Å². The highest BCUT2D eigenvalue weighted by Crippen LogP contribution is 2.30. The van der Waals surface area contributed by atoms with Gasteiger partial charge in [-0.3, -0.25) is 5.10 Å². The summed E-state index contributed by atoms with van der Waals surface area (Å²) in [5.74, 6) is 1.87. The van der Waals surface area contributed by atoms with Crippen LogP contribution < -0.4 is 4.90 Å². The van der Waals surface area contributed by atoms with E-state index in [2.05, 4.69) is 20.2 Å². The molecule has 2 aromatic heterocycles. The molecule has 3 rings (SSSR count). The quantitative estimate of drug-likeness (QED) is 0.817. The Balaban J connectivity index is 2.15. The van der Waals surface area contributed by atoms with Gasteiger partial charge in [-0.1, -0.05) is 0 Å². The van der Waals surface area contributed by atoms with Crippen molar-refractivity contribution in [2.24, 2.45) is 0 Å². The van der Waals surface area contributed by atoms with Gasteiger partial charge in [-0.25, -0.2) is 8.42 Å². The lowest BCUT2D eigenvalue weighted by atomic mass is 10.3. The lowest BCUT2D eigenvalue weighted by Crippen LogP contribution is -2.47. The minimum Gasteiger partial charge on any atom is -0.337 e. The summed E-state index contributed by atoms with van der Waals surface area (Å²) in [6.45, 7) is 0.593. The Bertz CT molecular complexity index is 747. The molecule has 1 unspecified atom stereocenters. The topological polar surface area (TPSA) is 91.8 Å². The van der Waals surface area contributed by atoms with Crippen LogP contribution in [0.3, 0.4) is 0 Å². The zero-order valence-electron chi connectivity index (χ0n) is 10.6. The fourth-order valence-electron chi connectivity index (χ4n) is 2.19. The van der Waals surface area contributed by atoms with E-state index in [1.165, 1.54) is 6.26 Å². The van der Waals surface area contributed by atoms with E-state index >= 15 is 0 Å². The number of nitrogens with zero attached hydrogens (tertiary/aromatic N) is 4. The van der Waals surface area contributed by atoms with Crippen molar-refractivity contribution in [3.8, 4) is 0 Å². The van der Waals surface area contributed by atoms with Crippen molar-refractivity contribution in [2.75, 3.05) is 29.2 Å². The molecule has 3 heterocycles. The Morgan fingerprint density at radius 2 is 2.30 bits per heavy atom. The number of sulfone groups is 1. The highest BCUT2D eigenvalue weighted by atomic mass is 35.5. The van der Waals surface area contributed by atoms with Crippen LogP contribution >= 0.6 is 23.4 Å². The second kappa shape index (κ2) is 5.05. The summed E-state index contributed by atoms with van der Waals surface area (Å²) in [6, 6.07) is 0. The van der Waals surface area contributed by atoms with Gasteiger partial charge in [-0.2, -0.15) is 26.8 Å². The standard InChI is InChI=1S/C10H12ClN5O2S2/c1-20(17,18)7-5-19-3-2-16(7)9-6-4-12-15-8(6)13-10(11)14-9/h4,7H,2-3,5H2,1H3,(H,12,13,14,15). The van der Waals surface area contributed by atoms with E-state index in [1.807, 2.05) is 0 Å². The van der Waals surface area contributed by atoms with E-state index in [-0.39, 0.29) is 5.28 Å². The van der Waals surface area contributed by atoms with Gasteiger partial charge >= 0.3 is 0 Å². The summed E-state index contributed by atoms with van der Waals surface area (Å²) in [5, 5.41) is 6.79. The third-order valence-electron chi connectivity index (χ3n) is 3.11. The van der Waals surface area contributed by atoms with Gasteiger partial charge in [0.1, 0.15) is 11.2 Å². The van der Waals surface area contributed by atoms with Crippen molar-refractivity contribution in [1.82, 2.24) is 20.2 Å². The van der Waals surface area contributed by atoms with Crippen LogP contribution in [0.4, 0.5) is 5.82 Å². The van der Waals surface area contributed by atoms with Gasteiger partial charge in [0, 0.05) is 24.3 Å². The fourth-order valence-corrected chi connectivity index (χ4v) is 5.17. The van der Waals surface area contributed by atoms with E-state index in [0.29, 0.717) is 29.1 Å². The maximum absolute atomic E-state index is 12.0. The Morgan fingerprint density at radius 3 is 3.05 bits per heavy atom. The van der Waals surface area contributed by atoms with Gasteiger partial charge in [0.15, 0.2) is 15.5 Å². The lowest BCUT2D eigenvalue weighted by Gasteiger charge is -2.35. The van der Waals surface area contributed by atoms with Crippen molar-refractivity contribution < 1.29 is 8.42 Å². The summed E-state index contributed by atoms with van der Waals surface area (Å²) in [4.78, 5) is 10.0. The lowest BCUT2D eigenvalue weighted by molar-refractivity contribution is 0.584.